The molecule has 0 aromatic carbocycles. The molecule has 1 aromatic rings. The number of hydrogen-bond donors (Lipinski definition) is 0. The molecule has 1 aromatic heterocycles. The lowest BCUT2D eigenvalue weighted by Gasteiger charge is -2.05. The minimum absolute atomic E-state index is 0.0487. The topological polar surface area (TPSA) is 81.9 Å². The Labute approximate surface area is 93.6 Å². The number of aryl methyl sites for hydroxylation is 1. The number of nitrogens with zero attached hydrogens (tertiary/aromatic N) is 3. The van der Waals surface area contributed by atoms with E-state index < -0.39 is 9.84 Å². The van der Waals surface area contributed by atoms with Crippen LogP contribution in [0.1, 0.15) is 23.3 Å². The van der Waals surface area contributed by atoms with Gasteiger partial charge >= 0.3 is 0 Å². The van der Waals surface area contributed by atoms with E-state index in [1.165, 1.54) is 10.9 Å². The van der Waals surface area contributed by atoms with E-state index in [1.807, 2.05) is 0 Å². The third kappa shape index (κ3) is 2.29. The Hall–Kier alpha value is -1.24. The largest absolute Gasteiger partial charge is 0.292 e. The van der Waals surface area contributed by atoms with E-state index in [0.29, 0.717) is 12.1 Å². The van der Waals surface area contributed by atoms with Crippen molar-refractivity contribution in [3.05, 3.63) is 11.9 Å². The number of ketones is 1. The van der Waals surface area contributed by atoms with Gasteiger partial charge < -0.3 is 0 Å². The first kappa shape index (κ1) is 11.3. The van der Waals surface area contributed by atoms with E-state index in [-0.39, 0.29) is 29.6 Å². The predicted octanol–water partition coefficient (Wildman–Crippen LogP) is -0.177. The van der Waals surface area contributed by atoms with Crippen LogP contribution < -0.4 is 0 Å². The molecule has 1 aliphatic rings. The lowest BCUT2D eigenvalue weighted by Crippen LogP contribution is -2.13. The van der Waals surface area contributed by atoms with Gasteiger partial charge in [-0.05, 0) is 12.3 Å². The zero-order chi connectivity index (χ0) is 11.8. The third-order valence-electron chi connectivity index (χ3n) is 2.80. The molecule has 16 heavy (non-hydrogen) atoms. The molecule has 0 aliphatic carbocycles. The number of rotatable bonds is 3. The van der Waals surface area contributed by atoms with Crippen molar-refractivity contribution in [1.82, 2.24) is 15.0 Å². The Kier molecular flexibility index (Phi) is 2.79. The first-order valence-electron chi connectivity index (χ1n) is 5.06. The molecule has 1 unspecified atom stereocenters. The molecule has 0 radical (unpaired) electrons. The van der Waals surface area contributed by atoms with Gasteiger partial charge in [0.25, 0.3) is 0 Å². The molecule has 88 valence electrons. The van der Waals surface area contributed by atoms with Crippen LogP contribution in [0.5, 0.6) is 0 Å². The van der Waals surface area contributed by atoms with Crippen molar-refractivity contribution in [2.75, 3.05) is 11.5 Å². The second-order valence-corrected chi connectivity index (χ2v) is 6.37. The van der Waals surface area contributed by atoms with Crippen LogP contribution in [0.15, 0.2) is 6.20 Å². The highest BCUT2D eigenvalue weighted by atomic mass is 32.2. The Bertz CT molecular complexity index is 506. The van der Waals surface area contributed by atoms with Crippen LogP contribution in [0, 0.1) is 5.92 Å². The number of Topliss-reactive ketones (excluding diaryl/α,β-unsaturated/α-hetero) is 1. The second kappa shape index (κ2) is 3.97. The summed E-state index contributed by atoms with van der Waals surface area (Å²) in [6.07, 6.45) is 2.26. The van der Waals surface area contributed by atoms with Crippen molar-refractivity contribution in [3.8, 4) is 0 Å². The van der Waals surface area contributed by atoms with Crippen molar-refractivity contribution in [2.45, 2.75) is 12.8 Å². The van der Waals surface area contributed by atoms with E-state index in [4.69, 9.17) is 0 Å². The number of carbonyl (C=O) groups is 1. The Morgan fingerprint density at radius 3 is 2.88 bits per heavy atom. The van der Waals surface area contributed by atoms with E-state index >= 15 is 0 Å². The molecule has 1 saturated heterocycles. The summed E-state index contributed by atoms with van der Waals surface area (Å²) in [5.41, 5.74) is 0.435. The van der Waals surface area contributed by atoms with Gasteiger partial charge in [0.1, 0.15) is 5.69 Å². The molecule has 2 rings (SSSR count). The van der Waals surface area contributed by atoms with Gasteiger partial charge in [0.2, 0.25) is 0 Å². The van der Waals surface area contributed by atoms with Crippen LogP contribution in [0.25, 0.3) is 0 Å². The van der Waals surface area contributed by atoms with Gasteiger partial charge in [0.05, 0.1) is 17.7 Å². The van der Waals surface area contributed by atoms with Crippen molar-refractivity contribution < 1.29 is 13.2 Å². The third-order valence-corrected chi connectivity index (χ3v) is 4.64. The molecule has 0 spiro atoms. The fraction of sp³-hybridized carbons (Fsp3) is 0.667. The van der Waals surface area contributed by atoms with E-state index in [1.54, 1.807) is 7.05 Å². The van der Waals surface area contributed by atoms with Gasteiger partial charge in [-0.25, -0.2) is 13.1 Å². The molecule has 0 amide bonds. The summed E-state index contributed by atoms with van der Waals surface area (Å²) in [7, 11) is -1.27. The molecule has 6 nitrogen and oxygen atoms in total. The van der Waals surface area contributed by atoms with Crippen LogP contribution in [-0.4, -0.2) is 40.7 Å². The maximum Gasteiger partial charge on any atom is 0.182 e. The molecule has 0 bridgehead atoms. The van der Waals surface area contributed by atoms with Gasteiger partial charge in [-0.3, -0.25) is 4.79 Å². The maximum atomic E-state index is 11.8. The minimum atomic E-state index is -2.91. The highest BCUT2D eigenvalue weighted by molar-refractivity contribution is 7.91. The molecule has 1 atom stereocenters. The normalized spacial score (nSPS) is 23.4. The van der Waals surface area contributed by atoms with E-state index in [9.17, 15) is 13.2 Å². The smallest absolute Gasteiger partial charge is 0.182 e. The molecule has 0 N–H and O–H groups in total. The molecule has 1 aliphatic heterocycles. The van der Waals surface area contributed by atoms with Crippen LogP contribution in [0.4, 0.5) is 0 Å². The Balaban J connectivity index is 2.02. The average Bonchev–Trinajstić information content (AvgIpc) is 2.72. The predicted molar refractivity (Wildman–Crippen MR) is 56.7 cm³/mol. The van der Waals surface area contributed by atoms with Crippen molar-refractivity contribution in [2.24, 2.45) is 13.0 Å². The summed E-state index contributed by atoms with van der Waals surface area (Å²) in [5, 5.41) is 7.29. The molecule has 7 heteroatoms. The molecular weight excluding hydrogens is 230 g/mol. The van der Waals surface area contributed by atoms with Gasteiger partial charge in [0.15, 0.2) is 15.6 Å². The zero-order valence-electron chi connectivity index (χ0n) is 8.96. The standard InChI is InChI=1S/C9H13N3O3S/c1-12-8(5-10-11-12)9(13)4-7-2-3-16(14,15)6-7/h5,7H,2-4,6H2,1H3. The van der Waals surface area contributed by atoms with Crippen LogP contribution in [0.2, 0.25) is 0 Å². The lowest BCUT2D eigenvalue weighted by molar-refractivity contribution is 0.0956. The van der Waals surface area contributed by atoms with Crippen molar-refractivity contribution >= 4 is 15.6 Å². The van der Waals surface area contributed by atoms with Gasteiger partial charge in [-0.1, -0.05) is 5.21 Å². The minimum Gasteiger partial charge on any atom is -0.292 e. The Morgan fingerprint density at radius 2 is 2.38 bits per heavy atom. The lowest BCUT2D eigenvalue weighted by atomic mass is 10.0. The SMILES string of the molecule is Cn1nncc1C(=O)CC1CCS(=O)(=O)C1. The monoisotopic (exact) mass is 243 g/mol. The van der Waals surface area contributed by atoms with Gasteiger partial charge in [-0.15, -0.1) is 5.10 Å². The zero-order valence-corrected chi connectivity index (χ0v) is 9.77. The quantitative estimate of drug-likeness (QED) is 0.688. The number of aromatic nitrogens is 3. The fourth-order valence-corrected chi connectivity index (χ4v) is 3.80. The van der Waals surface area contributed by atoms with E-state index in [0.717, 1.165) is 0 Å². The number of sulfone groups is 1. The second-order valence-electron chi connectivity index (χ2n) is 4.14. The van der Waals surface area contributed by atoms with Crippen LogP contribution in [0.3, 0.4) is 0 Å². The summed E-state index contributed by atoms with van der Waals surface area (Å²) in [6.45, 7) is 0. The fourth-order valence-electron chi connectivity index (χ4n) is 1.94. The summed E-state index contributed by atoms with van der Waals surface area (Å²) in [4.78, 5) is 11.8. The number of carbonyl (C=O) groups excluding carboxylic acids is 1. The molecule has 1 fully saturated rings. The van der Waals surface area contributed by atoms with Crippen LogP contribution >= 0.6 is 0 Å². The first-order chi connectivity index (χ1) is 7.48. The summed E-state index contributed by atoms with van der Waals surface area (Å²) < 4.78 is 23.9. The summed E-state index contributed by atoms with van der Waals surface area (Å²) in [6, 6.07) is 0. The van der Waals surface area contributed by atoms with Crippen LogP contribution in [-0.2, 0) is 16.9 Å². The van der Waals surface area contributed by atoms with Gasteiger partial charge in [0, 0.05) is 13.5 Å². The molecule has 0 saturated carbocycles. The van der Waals surface area contributed by atoms with Gasteiger partial charge in [-0.2, -0.15) is 0 Å². The highest BCUT2D eigenvalue weighted by Crippen LogP contribution is 2.22. The first-order valence-corrected chi connectivity index (χ1v) is 6.88. The van der Waals surface area contributed by atoms with E-state index in [2.05, 4.69) is 10.3 Å². The number of hydrogen-bond acceptors (Lipinski definition) is 5. The summed E-state index contributed by atoms with van der Waals surface area (Å²) >= 11 is 0. The average molecular weight is 243 g/mol. The highest BCUT2D eigenvalue weighted by Gasteiger charge is 2.30. The maximum absolute atomic E-state index is 11.8. The molecular formula is C9H13N3O3S. The molecule has 2 heterocycles. The Morgan fingerprint density at radius 1 is 1.62 bits per heavy atom. The summed E-state index contributed by atoms with van der Waals surface area (Å²) in [5.74, 6) is 0.195. The van der Waals surface area contributed by atoms with Crippen molar-refractivity contribution in [1.29, 1.82) is 0 Å². The van der Waals surface area contributed by atoms with Crippen molar-refractivity contribution in [3.63, 3.8) is 0 Å².